The van der Waals surface area contributed by atoms with Gasteiger partial charge in [0.15, 0.2) is 11.6 Å². The Morgan fingerprint density at radius 1 is 0.561 bits per heavy atom. The van der Waals surface area contributed by atoms with Crippen LogP contribution in [0.5, 0.6) is 0 Å². The number of alkyl halides is 6. The number of unbranched alkanes of at least 4 members (excludes halogenated alkanes) is 4. The molecular weight excluding hydrogens is 867 g/mol. The van der Waals surface area contributed by atoms with Gasteiger partial charge < -0.3 is 22.1 Å². The maximum atomic E-state index is 14.4. The van der Waals surface area contributed by atoms with E-state index in [1.165, 1.54) is 0 Å². The van der Waals surface area contributed by atoms with Crippen molar-refractivity contribution in [2.45, 2.75) is 128 Å². The van der Waals surface area contributed by atoms with E-state index in [1.807, 2.05) is 0 Å². The molecule has 2 aromatic carbocycles. The smallest absolute Gasteiger partial charge is 0.388 e. The van der Waals surface area contributed by atoms with Gasteiger partial charge in [0.05, 0.1) is 22.8 Å². The summed E-state index contributed by atoms with van der Waals surface area (Å²) < 4.78 is 86.5. The molecule has 3 aromatic rings. The van der Waals surface area contributed by atoms with Gasteiger partial charge in [-0.25, -0.2) is 9.97 Å². The van der Waals surface area contributed by atoms with Crippen molar-refractivity contribution in [3.63, 3.8) is 0 Å². The maximum Gasteiger partial charge on any atom is 0.416 e. The van der Waals surface area contributed by atoms with E-state index in [9.17, 15) is 45.5 Å². The molecular formula is C48H60F6N8O4. The van der Waals surface area contributed by atoms with Crippen LogP contribution in [0.1, 0.15) is 143 Å². The predicted molar refractivity (Wildman–Crippen MR) is 238 cm³/mol. The summed E-state index contributed by atoms with van der Waals surface area (Å²) in [4.78, 5) is 62.5. The minimum atomic E-state index is -4.80. The van der Waals surface area contributed by atoms with Crippen molar-refractivity contribution in [2.24, 2.45) is 23.3 Å². The average molecular weight is 927 g/mol. The molecule has 0 bridgehead atoms. The average Bonchev–Trinajstić information content (AvgIpc) is 3.97. The first kappa shape index (κ1) is 51.6. The van der Waals surface area contributed by atoms with Crippen LogP contribution in [0.4, 0.5) is 26.3 Å². The van der Waals surface area contributed by atoms with Gasteiger partial charge in [-0.15, -0.1) is 0 Å². The number of nitrogens with two attached hydrogens (primary N) is 2. The van der Waals surface area contributed by atoms with Crippen LogP contribution in [0, 0.1) is 22.7 Å². The topological polar surface area (TPSA) is 218 Å². The quantitative estimate of drug-likeness (QED) is 0.0152. The number of carbonyl (C=O) groups is 4. The number of carbonyl (C=O) groups excluding carboxylic acids is 4. The monoisotopic (exact) mass is 926 g/mol. The van der Waals surface area contributed by atoms with Gasteiger partial charge in [-0.05, 0) is 153 Å². The van der Waals surface area contributed by atoms with E-state index in [4.69, 9.17) is 22.3 Å². The number of halogens is 6. The van der Waals surface area contributed by atoms with Crippen LogP contribution in [0.3, 0.4) is 0 Å². The SMILES string of the molecule is N=C(N)CCCCCC(=O)Cc1cc(C(F)(F)F)cc(CC(=O)c2cc(C(=O)Cc3cc(C(F)(F)F)cc(CC(=O)CCCCCC(=N)N)c3C[C@@H]3CCNC3)ncn2)c1C[C@@H]1CCNC1. The summed E-state index contributed by atoms with van der Waals surface area (Å²) in [5.41, 5.74) is 9.69. The zero-order valence-corrected chi connectivity index (χ0v) is 37.1. The lowest BCUT2D eigenvalue weighted by molar-refractivity contribution is -0.138. The molecule has 2 aliphatic rings. The van der Waals surface area contributed by atoms with E-state index in [0.29, 0.717) is 102 Å². The van der Waals surface area contributed by atoms with Crippen LogP contribution in [-0.2, 0) is 60.5 Å². The van der Waals surface area contributed by atoms with Gasteiger partial charge in [0.1, 0.15) is 29.3 Å². The van der Waals surface area contributed by atoms with Crippen LogP contribution < -0.4 is 22.1 Å². The molecule has 0 unspecified atom stereocenters. The summed E-state index contributed by atoms with van der Waals surface area (Å²) in [7, 11) is 0. The van der Waals surface area contributed by atoms with E-state index in [2.05, 4.69) is 20.6 Å². The molecule has 8 N–H and O–H groups in total. The first-order valence-electron chi connectivity index (χ1n) is 22.7. The first-order chi connectivity index (χ1) is 31.3. The van der Waals surface area contributed by atoms with Gasteiger partial charge in [-0.3, -0.25) is 30.0 Å². The second-order valence-electron chi connectivity index (χ2n) is 17.8. The lowest BCUT2D eigenvalue weighted by Crippen LogP contribution is -2.19. The van der Waals surface area contributed by atoms with Gasteiger partial charge in [-0.2, -0.15) is 26.3 Å². The van der Waals surface area contributed by atoms with Crippen molar-refractivity contribution in [2.75, 3.05) is 26.2 Å². The highest BCUT2D eigenvalue weighted by Gasteiger charge is 2.35. The summed E-state index contributed by atoms with van der Waals surface area (Å²) in [6, 6.07) is 4.90. The van der Waals surface area contributed by atoms with E-state index in [-0.39, 0.29) is 94.4 Å². The van der Waals surface area contributed by atoms with Crippen molar-refractivity contribution in [1.29, 1.82) is 10.8 Å². The van der Waals surface area contributed by atoms with Crippen molar-refractivity contribution in [1.82, 2.24) is 20.6 Å². The van der Waals surface area contributed by atoms with Crippen LogP contribution in [-0.4, -0.2) is 71.0 Å². The van der Waals surface area contributed by atoms with E-state index < -0.39 is 47.9 Å². The highest BCUT2D eigenvalue weighted by molar-refractivity contribution is 6.00. The Labute approximate surface area is 380 Å². The number of ketones is 4. The standard InChI is InChI=1S/C48H60F6N8O4/c49-47(50,51)35-17-31(21-37(63)7-3-1-5-9-45(55)56)39(15-29-11-13-59-26-29)33(19-35)23-43(65)41-25-42(62-28-61-41)44(66)24-34-20-36(48(52,53)54)18-32(40(34)16-30-12-14-60-27-30)22-38(64)8-4-2-6-10-46(57)58/h17-20,25,28-30,59-60H,1-16,21-24,26-27H2,(H3,55,56)(H3,57,58)/t29-,30-/m0/s1. The number of nitrogens with one attached hydrogen (secondary N) is 4. The van der Waals surface area contributed by atoms with Crippen molar-refractivity contribution < 1.29 is 45.5 Å². The molecule has 2 fully saturated rings. The number of aromatic nitrogens is 2. The second kappa shape index (κ2) is 23.9. The van der Waals surface area contributed by atoms with Crippen LogP contribution in [0.2, 0.25) is 0 Å². The molecule has 0 radical (unpaired) electrons. The molecule has 5 rings (SSSR count). The lowest BCUT2D eigenvalue weighted by Gasteiger charge is -2.21. The highest BCUT2D eigenvalue weighted by Crippen LogP contribution is 2.36. The molecule has 2 aliphatic heterocycles. The van der Waals surface area contributed by atoms with Gasteiger partial charge in [0, 0.05) is 51.4 Å². The highest BCUT2D eigenvalue weighted by atomic mass is 19.4. The number of amidine groups is 2. The molecule has 358 valence electrons. The Morgan fingerprint density at radius 2 is 0.924 bits per heavy atom. The number of benzene rings is 2. The normalized spacial score (nSPS) is 16.4. The molecule has 2 atom stereocenters. The summed E-state index contributed by atoms with van der Waals surface area (Å²) >= 11 is 0. The van der Waals surface area contributed by atoms with Crippen molar-refractivity contribution in [3.05, 3.63) is 92.6 Å². The fourth-order valence-corrected chi connectivity index (χ4v) is 8.85. The second-order valence-corrected chi connectivity index (χ2v) is 17.8. The fraction of sp³-hybridized carbons (Fsp3) is 0.542. The fourth-order valence-electron chi connectivity index (χ4n) is 8.85. The minimum Gasteiger partial charge on any atom is -0.388 e. The van der Waals surface area contributed by atoms with Gasteiger partial charge in [0.2, 0.25) is 0 Å². The predicted octanol–water partition coefficient (Wildman–Crippen LogP) is 7.67. The first-order valence-corrected chi connectivity index (χ1v) is 22.7. The van der Waals surface area contributed by atoms with Gasteiger partial charge in [-0.1, -0.05) is 12.8 Å². The van der Waals surface area contributed by atoms with Crippen LogP contribution >= 0.6 is 0 Å². The maximum absolute atomic E-state index is 14.4. The molecule has 3 heterocycles. The van der Waals surface area contributed by atoms with Gasteiger partial charge >= 0.3 is 12.4 Å². The molecule has 1 aromatic heterocycles. The third-order valence-electron chi connectivity index (χ3n) is 12.4. The Morgan fingerprint density at radius 3 is 1.26 bits per heavy atom. The summed E-state index contributed by atoms with van der Waals surface area (Å²) in [5.74, 6) is -1.85. The zero-order valence-electron chi connectivity index (χ0n) is 37.1. The number of hydrogen-bond donors (Lipinski definition) is 6. The van der Waals surface area contributed by atoms with E-state index in [1.54, 1.807) is 0 Å². The molecule has 0 aliphatic carbocycles. The number of Topliss-reactive ketones (excluding diaryl/α,β-unsaturated/α-hetero) is 4. The summed E-state index contributed by atoms with van der Waals surface area (Å²) in [5, 5.41) is 21.2. The van der Waals surface area contributed by atoms with E-state index in [0.717, 1.165) is 49.5 Å². The summed E-state index contributed by atoms with van der Waals surface area (Å²) in [6.07, 6.45) is -3.78. The van der Waals surface area contributed by atoms with Crippen molar-refractivity contribution >= 4 is 34.8 Å². The number of rotatable bonds is 26. The largest absolute Gasteiger partial charge is 0.416 e. The number of nitrogens with zero attached hydrogens (tertiary/aromatic N) is 2. The third kappa shape index (κ3) is 15.9. The summed E-state index contributed by atoms with van der Waals surface area (Å²) in [6.45, 7) is 2.60. The molecule has 0 spiro atoms. The van der Waals surface area contributed by atoms with Gasteiger partial charge in [0.25, 0.3) is 0 Å². The Hall–Kier alpha value is -5.36. The lowest BCUT2D eigenvalue weighted by atomic mass is 9.85. The Bertz CT molecular complexity index is 2080. The molecule has 2 saturated heterocycles. The van der Waals surface area contributed by atoms with Crippen LogP contribution in [0.15, 0.2) is 36.7 Å². The minimum absolute atomic E-state index is 0.0329. The zero-order chi connectivity index (χ0) is 48.0. The molecule has 66 heavy (non-hydrogen) atoms. The van der Waals surface area contributed by atoms with E-state index >= 15 is 0 Å². The van der Waals surface area contributed by atoms with Crippen LogP contribution in [0.25, 0.3) is 0 Å². The number of hydrogen-bond acceptors (Lipinski definition) is 10. The van der Waals surface area contributed by atoms with Crippen molar-refractivity contribution in [3.8, 4) is 0 Å². The Balaban J connectivity index is 1.42. The Kier molecular flexibility index (Phi) is 18.7. The third-order valence-corrected chi connectivity index (χ3v) is 12.4. The molecule has 18 heteroatoms. The molecule has 12 nitrogen and oxygen atoms in total. The molecule has 0 amide bonds. The molecule has 0 saturated carbocycles.